The molecule has 0 spiro atoms. The summed E-state index contributed by atoms with van der Waals surface area (Å²) in [6.45, 7) is 7.54. The summed E-state index contributed by atoms with van der Waals surface area (Å²) in [5.74, 6) is 0. The van der Waals surface area contributed by atoms with Crippen molar-refractivity contribution in [3.05, 3.63) is 71.8 Å². The van der Waals surface area contributed by atoms with Crippen LogP contribution in [0.5, 0.6) is 0 Å². The van der Waals surface area contributed by atoms with Crippen molar-refractivity contribution in [1.82, 2.24) is 31.9 Å². The summed E-state index contributed by atoms with van der Waals surface area (Å²) in [6.07, 6.45) is 7.18. The smallest absolute Gasteiger partial charge is 0.166 e. The van der Waals surface area contributed by atoms with Crippen LogP contribution in [0.15, 0.2) is 60.7 Å². The highest BCUT2D eigenvalue weighted by molar-refractivity contribution is 7.80. The zero-order chi connectivity index (χ0) is 25.5. The number of nitrogens with one attached hydrogen (secondary N) is 6. The zero-order valence-electron chi connectivity index (χ0n) is 22.3. The average Bonchev–Trinajstić information content (AvgIpc) is 2.91. The zero-order valence-corrected chi connectivity index (χ0v) is 25.6. The van der Waals surface area contributed by atoms with Gasteiger partial charge in [0, 0.05) is 26.2 Å². The Labute approximate surface area is 253 Å². The van der Waals surface area contributed by atoms with Gasteiger partial charge in [0.05, 0.1) is 0 Å². The monoisotopic (exact) mass is 600 g/mol. The van der Waals surface area contributed by atoms with Gasteiger partial charge in [-0.3, -0.25) is 0 Å². The van der Waals surface area contributed by atoms with Gasteiger partial charge in [0.1, 0.15) is 0 Å². The highest BCUT2D eigenvalue weighted by Crippen LogP contribution is 1.99. The number of hydrogen-bond donors (Lipinski definition) is 6. The molecule has 10 heteroatoms. The van der Waals surface area contributed by atoms with Gasteiger partial charge < -0.3 is 31.9 Å². The molecule has 0 radical (unpaired) electrons. The number of benzene rings is 2. The van der Waals surface area contributed by atoms with Crippen LogP contribution in [-0.2, 0) is 13.1 Å². The number of rotatable bonds is 19. The molecular weight excluding hydrogens is 555 g/mol. The number of thiocarbonyl (C=S) groups is 2. The molecule has 0 fully saturated rings. The molecule has 6 N–H and O–H groups in total. The second kappa shape index (κ2) is 25.6. The van der Waals surface area contributed by atoms with Crippen molar-refractivity contribution < 1.29 is 0 Å². The van der Waals surface area contributed by atoms with Crippen molar-refractivity contribution in [2.45, 2.75) is 51.6 Å². The van der Waals surface area contributed by atoms with Gasteiger partial charge in [-0.15, -0.1) is 24.8 Å². The van der Waals surface area contributed by atoms with Crippen LogP contribution in [0.1, 0.15) is 49.7 Å². The lowest BCUT2D eigenvalue weighted by Gasteiger charge is -2.11. The molecular formula is C28H46Cl2N6S2. The number of unbranched alkanes of at least 4 members (excludes halogenated alkanes) is 3. The lowest BCUT2D eigenvalue weighted by Crippen LogP contribution is -2.36. The first-order chi connectivity index (χ1) is 17.7. The lowest BCUT2D eigenvalue weighted by atomic mass is 10.2. The maximum Gasteiger partial charge on any atom is 0.166 e. The fourth-order valence-corrected chi connectivity index (χ4v) is 3.96. The first kappa shape index (κ1) is 36.3. The second-order valence-electron chi connectivity index (χ2n) is 8.81. The highest BCUT2D eigenvalue weighted by atomic mass is 35.5. The molecule has 2 aromatic rings. The highest BCUT2D eigenvalue weighted by Gasteiger charge is 1.98. The summed E-state index contributed by atoms with van der Waals surface area (Å²) in [4.78, 5) is 0. The van der Waals surface area contributed by atoms with Crippen molar-refractivity contribution in [3.8, 4) is 0 Å². The molecule has 38 heavy (non-hydrogen) atoms. The second-order valence-corrected chi connectivity index (χ2v) is 9.63. The topological polar surface area (TPSA) is 72.2 Å². The van der Waals surface area contributed by atoms with E-state index in [-0.39, 0.29) is 24.8 Å². The van der Waals surface area contributed by atoms with Gasteiger partial charge in [-0.05, 0) is 87.4 Å². The van der Waals surface area contributed by atoms with E-state index in [9.17, 15) is 0 Å². The van der Waals surface area contributed by atoms with Crippen molar-refractivity contribution in [1.29, 1.82) is 0 Å². The Kier molecular flexibility index (Phi) is 24.5. The Bertz CT molecular complexity index is 761. The Morgan fingerprint density at radius 3 is 1.21 bits per heavy atom. The quantitative estimate of drug-likeness (QED) is 0.103. The summed E-state index contributed by atoms with van der Waals surface area (Å²) in [6, 6.07) is 20.6. The number of hydrogen-bond acceptors (Lipinski definition) is 4. The van der Waals surface area contributed by atoms with E-state index in [1.165, 1.54) is 36.8 Å². The van der Waals surface area contributed by atoms with Crippen LogP contribution in [0, 0.1) is 0 Å². The van der Waals surface area contributed by atoms with Crippen LogP contribution in [0.3, 0.4) is 0 Å². The van der Waals surface area contributed by atoms with E-state index in [0.717, 1.165) is 75.4 Å². The van der Waals surface area contributed by atoms with Crippen LogP contribution in [0.4, 0.5) is 0 Å². The Morgan fingerprint density at radius 2 is 0.816 bits per heavy atom. The predicted molar refractivity (Wildman–Crippen MR) is 176 cm³/mol. The third-order valence-corrected chi connectivity index (χ3v) is 6.26. The van der Waals surface area contributed by atoms with E-state index < -0.39 is 0 Å². The van der Waals surface area contributed by atoms with E-state index in [1.54, 1.807) is 0 Å². The van der Waals surface area contributed by atoms with E-state index in [0.29, 0.717) is 0 Å². The van der Waals surface area contributed by atoms with Crippen LogP contribution < -0.4 is 31.9 Å². The molecule has 0 bridgehead atoms. The maximum atomic E-state index is 5.33. The molecule has 2 rings (SSSR count). The van der Waals surface area contributed by atoms with Crippen LogP contribution in [0.2, 0.25) is 0 Å². The molecule has 0 aliphatic rings. The van der Waals surface area contributed by atoms with Gasteiger partial charge in [0.25, 0.3) is 0 Å². The predicted octanol–water partition coefficient (Wildman–Crippen LogP) is 4.68. The summed E-state index contributed by atoms with van der Waals surface area (Å²) in [5, 5.41) is 21.5. The molecule has 0 amide bonds. The van der Waals surface area contributed by atoms with E-state index in [4.69, 9.17) is 24.4 Å². The normalized spacial score (nSPS) is 10.0. The average molecular weight is 602 g/mol. The van der Waals surface area contributed by atoms with E-state index >= 15 is 0 Å². The molecule has 214 valence electrons. The molecule has 0 aliphatic heterocycles. The summed E-state index contributed by atoms with van der Waals surface area (Å²) in [5.41, 5.74) is 2.47. The minimum absolute atomic E-state index is 0. The van der Waals surface area contributed by atoms with Crippen LogP contribution >= 0.6 is 49.2 Å². The van der Waals surface area contributed by atoms with Crippen molar-refractivity contribution >= 4 is 59.5 Å². The minimum Gasteiger partial charge on any atom is -0.363 e. The van der Waals surface area contributed by atoms with E-state index in [2.05, 4.69) is 56.2 Å². The molecule has 0 aromatic heterocycles. The van der Waals surface area contributed by atoms with Crippen molar-refractivity contribution in [3.63, 3.8) is 0 Å². The van der Waals surface area contributed by atoms with Crippen LogP contribution in [-0.4, -0.2) is 49.5 Å². The van der Waals surface area contributed by atoms with Gasteiger partial charge in [0.15, 0.2) is 10.2 Å². The molecule has 2 aromatic carbocycles. The minimum atomic E-state index is 0. The Balaban J connectivity index is 0.00000684. The molecule has 6 nitrogen and oxygen atoms in total. The lowest BCUT2D eigenvalue weighted by molar-refractivity contribution is 0.551. The van der Waals surface area contributed by atoms with Gasteiger partial charge >= 0.3 is 0 Å². The van der Waals surface area contributed by atoms with Gasteiger partial charge in [0.2, 0.25) is 0 Å². The molecule has 0 aliphatic carbocycles. The fraction of sp³-hybridized carbons (Fsp3) is 0.500. The third kappa shape index (κ3) is 20.3. The van der Waals surface area contributed by atoms with Gasteiger partial charge in [-0.25, -0.2) is 0 Å². The van der Waals surface area contributed by atoms with Crippen molar-refractivity contribution in [2.24, 2.45) is 0 Å². The molecule has 0 saturated heterocycles. The summed E-state index contributed by atoms with van der Waals surface area (Å²) < 4.78 is 0. The standard InChI is InChI=1S/C28H44N6S2.2ClH/c35-27(33-23-25-13-5-3-6-14-25)31-21-11-19-29-17-9-1-2-10-18-30-20-12-22-32-28(36)34-24-26-15-7-4-8-16-26;;/h3-8,13-16,29-30H,1-2,9-12,17-24H2,(H2,31,33,35)(H2,32,34,36);2*1H. The first-order valence-corrected chi connectivity index (χ1v) is 14.1. The fourth-order valence-electron chi connectivity index (χ4n) is 3.62. The largest absolute Gasteiger partial charge is 0.363 e. The number of halogens is 2. The molecule has 0 heterocycles. The molecule has 0 saturated carbocycles. The van der Waals surface area contributed by atoms with Gasteiger partial charge in [-0.2, -0.15) is 0 Å². The van der Waals surface area contributed by atoms with Crippen LogP contribution in [0.25, 0.3) is 0 Å². The third-order valence-electron chi connectivity index (χ3n) is 5.68. The molecule has 0 unspecified atom stereocenters. The molecule has 0 atom stereocenters. The SMILES string of the molecule is Cl.Cl.S=C(NCCCNCCCCCCNCCCNC(=S)NCc1ccccc1)NCc1ccccc1. The summed E-state index contributed by atoms with van der Waals surface area (Å²) >= 11 is 10.7. The Hall–Kier alpha value is -1.68. The van der Waals surface area contributed by atoms with Crippen molar-refractivity contribution in [2.75, 3.05) is 39.3 Å². The Morgan fingerprint density at radius 1 is 0.447 bits per heavy atom. The summed E-state index contributed by atoms with van der Waals surface area (Å²) in [7, 11) is 0. The maximum absolute atomic E-state index is 5.33. The van der Waals surface area contributed by atoms with E-state index in [1.807, 2.05) is 36.4 Å². The van der Waals surface area contributed by atoms with Gasteiger partial charge in [-0.1, -0.05) is 73.5 Å². The first-order valence-electron chi connectivity index (χ1n) is 13.3.